The fourth-order valence-corrected chi connectivity index (χ4v) is 5.13. The van der Waals surface area contributed by atoms with Crippen molar-refractivity contribution < 1.29 is 32.6 Å². The number of aliphatic hydroxyl groups is 1. The van der Waals surface area contributed by atoms with Gasteiger partial charge in [0.2, 0.25) is 5.78 Å². The van der Waals surface area contributed by atoms with Gasteiger partial charge in [-0.2, -0.15) is 13.2 Å². The molecule has 3 aromatic rings. The number of Topliss-reactive ketones (excluding diaryl/α,β-unsaturated/α-hetero) is 1. The fourth-order valence-electron chi connectivity index (χ4n) is 4.89. The van der Waals surface area contributed by atoms with E-state index in [0.717, 1.165) is 50.9 Å². The topological polar surface area (TPSA) is 78.9 Å². The maximum Gasteiger partial charge on any atom is 0.416 e. The van der Waals surface area contributed by atoms with Crippen molar-refractivity contribution in [1.29, 1.82) is 0 Å². The normalized spacial score (nSPS) is 17.2. The maximum atomic E-state index is 13.1. The molecule has 2 aliphatic rings. The van der Waals surface area contributed by atoms with Crippen LogP contribution in [0.1, 0.15) is 53.3 Å². The zero-order valence-electron chi connectivity index (χ0n) is 22.2. The molecule has 0 radical (unpaired) electrons. The van der Waals surface area contributed by atoms with Crippen molar-refractivity contribution in [3.05, 3.63) is 88.4 Å². The van der Waals surface area contributed by atoms with E-state index in [0.29, 0.717) is 34.0 Å². The minimum Gasteiger partial charge on any atom is -0.489 e. The van der Waals surface area contributed by atoms with Gasteiger partial charge in [-0.15, -0.1) is 0 Å². The largest absolute Gasteiger partial charge is 0.489 e. The molecule has 2 fully saturated rings. The first-order valence-electron chi connectivity index (χ1n) is 13.6. The first kappa shape index (κ1) is 29.1. The van der Waals surface area contributed by atoms with Crippen LogP contribution in [0.5, 0.6) is 5.75 Å². The van der Waals surface area contributed by atoms with Gasteiger partial charge in [-0.05, 0) is 79.7 Å². The summed E-state index contributed by atoms with van der Waals surface area (Å²) in [5, 5.41) is 14.3. The second-order valence-corrected chi connectivity index (χ2v) is 10.9. The molecule has 0 spiro atoms. The lowest BCUT2D eigenvalue weighted by molar-refractivity contribution is -0.137. The van der Waals surface area contributed by atoms with Gasteiger partial charge in [0.25, 0.3) is 5.91 Å². The number of halogens is 4. The Morgan fingerprint density at radius 2 is 1.59 bits per heavy atom. The number of benzene rings is 3. The molecule has 1 saturated heterocycles. The summed E-state index contributed by atoms with van der Waals surface area (Å²) in [6.07, 6.45) is -1.39. The van der Waals surface area contributed by atoms with E-state index >= 15 is 0 Å². The fraction of sp³-hybridized carbons (Fsp3) is 0.355. The number of ketones is 1. The van der Waals surface area contributed by atoms with Gasteiger partial charge in [-0.1, -0.05) is 54.1 Å². The highest BCUT2D eigenvalue weighted by Crippen LogP contribution is 2.34. The molecule has 3 aromatic carbocycles. The van der Waals surface area contributed by atoms with Crippen molar-refractivity contribution >= 4 is 23.3 Å². The van der Waals surface area contributed by atoms with E-state index in [1.165, 1.54) is 24.3 Å². The van der Waals surface area contributed by atoms with E-state index in [4.69, 9.17) is 16.3 Å². The summed E-state index contributed by atoms with van der Waals surface area (Å²) in [6, 6.07) is 15.0. The number of likely N-dealkylation sites (tertiary alicyclic amines) is 1. The molecular formula is C31H30ClF3N2O4. The number of carbonyl (C=O) groups is 2. The maximum absolute atomic E-state index is 13.1. The van der Waals surface area contributed by atoms with Gasteiger partial charge in [0.15, 0.2) is 0 Å². The van der Waals surface area contributed by atoms with Crippen LogP contribution in [0.3, 0.4) is 0 Å². The average molecular weight is 587 g/mol. The SMILES string of the molecule is O=C(N[C@H](CN1CCCC1)[C@H](O)c1ccc(OC2CC2)c(Cl)c1)C(=O)c1ccc(-c2ccc(C(F)(F)F)cc2)cc1. The van der Waals surface area contributed by atoms with Crippen molar-refractivity contribution in [3.63, 3.8) is 0 Å². The molecule has 216 valence electrons. The Morgan fingerprint density at radius 1 is 0.976 bits per heavy atom. The van der Waals surface area contributed by atoms with Crippen LogP contribution >= 0.6 is 11.6 Å². The summed E-state index contributed by atoms with van der Waals surface area (Å²) >= 11 is 6.40. The first-order valence-corrected chi connectivity index (χ1v) is 14.0. The standard InChI is InChI=1S/C31H30ClF3N2O4/c32-25-17-22(9-14-27(25)41-24-12-13-24)28(38)26(18-37-15-1-2-16-37)36-30(40)29(39)21-5-3-19(4-6-21)20-7-10-23(11-8-20)31(33,34)35/h3-11,14,17,24,26,28,38H,1-2,12-13,15-16,18H2,(H,36,40)/t26-,28-/m1/s1. The van der Waals surface area contributed by atoms with E-state index in [-0.39, 0.29) is 11.7 Å². The zero-order valence-corrected chi connectivity index (χ0v) is 22.9. The van der Waals surface area contributed by atoms with Crippen LogP contribution < -0.4 is 10.1 Å². The average Bonchev–Trinajstić information content (AvgIpc) is 3.64. The smallest absolute Gasteiger partial charge is 0.416 e. The lowest BCUT2D eigenvalue weighted by Crippen LogP contribution is -2.48. The predicted molar refractivity (Wildman–Crippen MR) is 149 cm³/mol. The van der Waals surface area contributed by atoms with Crippen LogP contribution in [0.2, 0.25) is 5.02 Å². The van der Waals surface area contributed by atoms with Crippen molar-refractivity contribution in [2.24, 2.45) is 0 Å². The Balaban J connectivity index is 1.28. The Bertz CT molecular complexity index is 1390. The predicted octanol–water partition coefficient (Wildman–Crippen LogP) is 6.06. The summed E-state index contributed by atoms with van der Waals surface area (Å²) in [4.78, 5) is 28.2. The summed E-state index contributed by atoms with van der Waals surface area (Å²) in [7, 11) is 0. The third kappa shape index (κ3) is 7.28. The zero-order chi connectivity index (χ0) is 29.1. The van der Waals surface area contributed by atoms with Crippen LogP contribution in [0, 0.1) is 0 Å². The lowest BCUT2D eigenvalue weighted by atomic mass is 9.99. The Hall–Kier alpha value is -3.40. The summed E-state index contributed by atoms with van der Waals surface area (Å²) in [6.45, 7) is 2.01. The third-order valence-corrected chi connectivity index (χ3v) is 7.66. The van der Waals surface area contributed by atoms with Crippen LogP contribution in [0.25, 0.3) is 11.1 Å². The van der Waals surface area contributed by atoms with E-state index in [1.54, 1.807) is 30.3 Å². The van der Waals surface area contributed by atoms with Crippen molar-refractivity contribution in [3.8, 4) is 16.9 Å². The highest BCUT2D eigenvalue weighted by atomic mass is 35.5. The molecule has 1 amide bonds. The van der Waals surface area contributed by atoms with Gasteiger partial charge in [0.1, 0.15) is 11.9 Å². The second kappa shape index (κ2) is 12.2. The van der Waals surface area contributed by atoms with Gasteiger partial charge in [-0.3, -0.25) is 9.59 Å². The van der Waals surface area contributed by atoms with Crippen LogP contribution in [-0.2, 0) is 11.0 Å². The van der Waals surface area contributed by atoms with E-state index in [9.17, 15) is 27.9 Å². The second-order valence-electron chi connectivity index (χ2n) is 10.5. The van der Waals surface area contributed by atoms with Crippen molar-refractivity contribution in [2.75, 3.05) is 19.6 Å². The minimum atomic E-state index is -4.43. The highest BCUT2D eigenvalue weighted by molar-refractivity contribution is 6.42. The molecule has 41 heavy (non-hydrogen) atoms. The number of rotatable bonds is 10. The third-order valence-electron chi connectivity index (χ3n) is 7.37. The van der Waals surface area contributed by atoms with Gasteiger partial charge in [0.05, 0.1) is 22.7 Å². The molecule has 1 saturated carbocycles. The van der Waals surface area contributed by atoms with Crippen molar-refractivity contribution in [1.82, 2.24) is 10.2 Å². The molecule has 1 heterocycles. The number of hydrogen-bond donors (Lipinski definition) is 2. The van der Waals surface area contributed by atoms with Gasteiger partial charge in [-0.25, -0.2) is 0 Å². The van der Waals surface area contributed by atoms with Crippen LogP contribution in [0.4, 0.5) is 13.2 Å². The number of amides is 1. The molecule has 0 aromatic heterocycles. The van der Waals surface area contributed by atoms with E-state index < -0.39 is 35.6 Å². The van der Waals surface area contributed by atoms with E-state index in [2.05, 4.69) is 10.2 Å². The number of alkyl halides is 3. The minimum absolute atomic E-state index is 0.122. The molecule has 0 bridgehead atoms. The Kier molecular flexibility index (Phi) is 8.68. The quantitative estimate of drug-likeness (QED) is 0.223. The number of aliphatic hydroxyl groups excluding tert-OH is 1. The molecule has 0 unspecified atom stereocenters. The first-order chi connectivity index (χ1) is 19.6. The molecule has 10 heteroatoms. The summed E-state index contributed by atoms with van der Waals surface area (Å²) in [5.74, 6) is -1.11. The van der Waals surface area contributed by atoms with Crippen molar-refractivity contribution in [2.45, 2.75) is 50.1 Å². The summed E-state index contributed by atoms with van der Waals surface area (Å²) in [5.41, 5.74) is 1.01. The molecule has 2 N–H and O–H groups in total. The molecule has 5 rings (SSSR count). The number of carbonyl (C=O) groups excluding carboxylic acids is 2. The van der Waals surface area contributed by atoms with Gasteiger partial charge < -0.3 is 20.1 Å². The van der Waals surface area contributed by atoms with E-state index in [1.807, 2.05) is 0 Å². The number of hydrogen-bond acceptors (Lipinski definition) is 5. The molecule has 1 aliphatic carbocycles. The molecular weight excluding hydrogens is 557 g/mol. The highest BCUT2D eigenvalue weighted by Gasteiger charge is 2.31. The molecule has 2 atom stereocenters. The van der Waals surface area contributed by atoms with Crippen LogP contribution in [0.15, 0.2) is 66.7 Å². The lowest BCUT2D eigenvalue weighted by Gasteiger charge is -2.28. The van der Waals surface area contributed by atoms with Gasteiger partial charge in [0, 0.05) is 12.1 Å². The Morgan fingerprint density at radius 3 is 2.15 bits per heavy atom. The van der Waals surface area contributed by atoms with Crippen LogP contribution in [-0.4, -0.2) is 53.5 Å². The number of nitrogens with zero attached hydrogens (tertiary/aromatic N) is 1. The molecule has 6 nitrogen and oxygen atoms in total. The number of ether oxygens (including phenoxy) is 1. The summed E-state index contributed by atoms with van der Waals surface area (Å²) < 4.78 is 44.4. The molecule has 1 aliphatic heterocycles. The monoisotopic (exact) mass is 586 g/mol. The number of nitrogens with one attached hydrogen (secondary N) is 1. The Labute approximate surface area is 241 Å². The van der Waals surface area contributed by atoms with Gasteiger partial charge >= 0.3 is 6.18 Å².